The zero-order valence-electron chi connectivity index (χ0n) is 6.89. The minimum atomic E-state index is -5.32. The van der Waals surface area contributed by atoms with Crippen LogP contribution in [0.15, 0.2) is 16.7 Å². The molecule has 1 rings (SSSR count). The first-order valence-electron chi connectivity index (χ1n) is 3.49. The monoisotopic (exact) mass is 289 g/mol. The van der Waals surface area contributed by atoms with Crippen molar-refractivity contribution in [2.24, 2.45) is 0 Å². The molecule has 0 radical (unpaired) electrons. The van der Waals surface area contributed by atoms with Gasteiger partial charge in [0.2, 0.25) is 0 Å². The molecule has 84 valence electrons. The quantitative estimate of drug-likeness (QED) is 0.611. The Hall–Kier alpha value is -0.730. The van der Waals surface area contributed by atoms with Gasteiger partial charge in [-0.05, 0) is 22.0 Å². The number of halogens is 5. The normalized spacial score (nSPS) is 13.0. The van der Waals surface area contributed by atoms with Gasteiger partial charge in [0.25, 0.3) is 0 Å². The predicted octanol–water partition coefficient (Wildman–Crippen LogP) is 1.68. The fourth-order valence-electron chi connectivity index (χ4n) is 0.805. The summed E-state index contributed by atoms with van der Waals surface area (Å²) in [6.07, 6.45) is -4.87. The maximum atomic E-state index is 12.5. The predicted molar refractivity (Wildman–Crippen MR) is 44.1 cm³/mol. The highest BCUT2D eigenvalue weighted by Crippen LogP contribution is 2.38. The molecule has 15 heavy (non-hydrogen) atoms. The van der Waals surface area contributed by atoms with E-state index in [4.69, 9.17) is 10.2 Å². The van der Waals surface area contributed by atoms with Crippen molar-refractivity contribution in [1.29, 1.82) is 0 Å². The Kier molecular flexibility index (Phi) is 3.04. The topological polar surface area (TPSA) is 53.4 Å². The van der Waals surface area contributed by atoms with Crippen LogP contribution >= 0.6 is 15.9 Å². The average Bonchev–Trinajstić information content (AvgIpc) is 2.00. The van der Waals surface area contributed by atoms with E-state index in [1.54, 1.807) is 0 Å². The number of hydrogen-bond acceptors (Lipinski definition) is 3. The standard InChI is InChI=1S/C7H4BrF4NO2/c8-4-1-3(9)2-13-5(4)6(14,15)7(10,11)12/h1-2,14-15H. The SMILES string of the molecule is OC(O)(c1ncc(F)cc1Br)C(F)(F)F. The summed E-state index contributed by atoms with van der Waals surface area (Å²) >= 11 is 2.55. The van der Waals surface area contributed by atoms with Gasteiger partial charge in [-0.15, -0.1) is 0 Å². The van der Waals surface area contributed by atoms with Gasteiger partial charge in [0.15, 0.2) is 0 Å². The molecule has 0 spiro atoms. The molecule has 0 atom stereocenters. The average molecular weight is 290 g/mol. The molecule has 0 aliphatic rings. The molecule has 0 saturated heterocycles. The van der Waals surface area contributed by atoms with E-state index < -0.39 is 27.9 Å². The molecule has 0 bridgehead atoms. The van der Waals surface area contributed by atoms with Gasteiger partial charge in [-0.3, -0.25) is 4.98 Å². The van der Waals surface area contributed by atoms with E-state index in [2.05, 4.69) is 20.9 Å². The summed E-state index contributed by atoms with van der Waals surface area (Å²) in [4.78, 5) is 2.97. The number of alkyl halides is 3. The zero-order valence-corrected chi connectivity index (χ0v) is 8.47. The second-order valence-corrected chi connectivity index (χ2v) is 3.51. The van der Waals surface area contributed by atoms with Crippen LogP contribution in [0, 0.1) is 5.82 Å². The molecule has 0 saturated carbocycles. The number of aliphatic hydroxyl groups is 2. The largest absolute Gasteiger partial charge is 0.449 e. The third-order valence-electron chi connectivity index (χ3n) is 1.53. The lowest BCUT2D eigenvalue weighted by Gasteiger charge is -2.24. The van der Waals surface area contributed by atoms with Crippen LogP contribution in [-0.2, 0) is 5.79 Å². The van der Waals surface area contributed by atoms with E-state index in [1.807, 2.05) is 0 Å². The molecule has 1 aromatic rings. The lowest BCUT2D eigenvalue weighted by molar-refractivity contribution is -0.360. The Morgan fingerprint density at radius 2 is 1.80 bits per heavy atom. The zero-order chi connectivity index (χ0) is 11.9. The highest BCUT2D eigenvalue weighted by Gasteiger charge is 2.56. The third kappa shape index (κ3) is 2.27. The van der Waals surface area contributed by atoms with Crippen molar-refractivity contribution in [3.8, 4) is 0 Å². The van der Waals surface area contributed by atoms with Gasteiger partial charge in [0, 0.05) is 4.47 Å². The fourth-order valence-corrected chi connectivity index (χ4v) is 1.40. The van der Waals surface area contributed by atoms with Gasteiger partial charge < -0.3 is 10.2 Å². The third-order valence-corrected chi connectivity index (χ3v) is 2.14. The highest BCUT2D eigenvalue weighted by molar-refractivity contribution is 9.10. The smallest absolute Gasteiger partial charge is 0.354 e. The van der Waals surface area contributed by atoms with Crippen LogP contribution in [0.3, 0.4) is 0 Å². The van der Waals surface area contributed by atoms with Crippen LogP contribution in [0.5, 0.6) is 0 Å². The van der Waals surface area contributed by atoms with Crippen LogP contribution in [-0.4, -0.2) is 21.4 Å². The second-order valence-electron chi connectivity index (χ2n) is 2.65. The Morgan fingerprint density at radius 1 is 1.27 bits per heavy atom. The minimum Gasteiger partial charge on any atom is -0.354 e. The maximum absolute atomic E-state index is 12.5. The summed E-state index contributed by atoms with van der Waals surface area (Å²) in [5.41, 5.74) is -1.11. The van der Waals surface area contributed by atoms with Gasteiger partial charge in [-0.2, -0.15) is 13.2 Å². The maximum Gasteiger partial charge on any atom is 0.449 e. The molecule has 0 fully saturated rings. The van der Waals surface area contributed by atoms with E-state index in [0.717, 1.165) is 0 Å². The summed E-state index contributed by atoms with van der Waals surface area (Å²) in [7, 11) is 0. The van der Waals surface area contributed by atoms with Crippen molar-refractivity contribution < 1.29 is 27.8 Å². The first kappa shape index (κ1) is 12.3. The summed E-state index contributed by atoms with van der Waals surface area (Å²) < 4.78 is 48.4. The molecule has 0 unspecified atom stereocenters. The lowest BCUT2D eigenvalue weighted by Crippen LogP contribution is -2.43. The summed E-state index contributed by atoms with van der Waals surface area (Å²) in [5.74, 6) is -5.01. The van der Waals surface area contributed by atoms with Gasteiger partial charge in [-0.1, -0.05) is 0 Å². The molecule has 1 aromatic heterocycles. The Bertz CT molecular complexity index is 380. The van der Waals surface area contributed by atoms with Gasteiger partial charge in [0.05, 0.1) is 6.20 Å². The molecule has 0 aliphatic heterocycles. The van der Waals surface area contributed by atoms with E-state index >= 15 is 0 Å². The van der Waals surface area contributed by atoms with Crippen molar-refractivity contribution >= 4 is 15.9 Å². The van der Waals surface area contributed by atoms with Gasteiger partial charge >= 0.3 is 12.0 Å². The van der Waals surface area contributed by atoms with Crippen molar-refractivity contribution in [3.63, 3.8) is 0 Å². The molecule has 1 heterocycles. The van der Waals surface area contributed by atoms with Crippen LogP contribution in [0.25, 0.3) is 0 Å². The molecule has 2 N–H and O–H groups in total. The number of rotatable bonds is 1. The van der Waals surface area contributed by atoms with E-state index in [9.17, 15) is 17.6 Å². The lowest BCUT2D eigenvalue weighted by atomic mass is 10.1. The number of aromatic nitrogens is 1. The molecular formula is C7H4BrF4NO2. The first-order valence-corrected chi connectivity index (χ1v) is 4.28. The molecule has 0 amide bonds. The summed E-state index contributed by atoms with van der Waals surface area (Å²) in [6, 6.07) is 0.648. The highest BCUT2D eigenvalue weighted by atomic mass is 79.9. The second kappa shape index (κ2) is 3.69. The number of nitrogens with zero attached hydrogens (tertiary/aromatic N) is 1. The van der Waals surface area contributed by atoms with Crippen molar-refractivity contribution in [2.45, 2.75) is 12.0 Å². The first-order chi connectivity index (χ1) is 6.66. The number of hydrogen-bond donors (Lipinski definition) is 2. The summed E-state index contributed by atoms with van der Waals surface area (Å²) in [6.45, 7) is 0. The minimum absolute atomic E-state index is 0.451. The summed E-state index contributed by atoms with van der Waals surface area (Å²) in [5, 5.41) is 17.6. The van der Waals surface area contributed by atoms with Crippen LogP contribution in [0.2, 0.25) is 0 Å². The molecule has 0 aromatic carbocycles. The fraction of sp³-hybridized carbons (Fsp3) is 0.286. The molecule has 0 aliphatic carbocycles. The molecule has 8 heteroatoms. The van der Waals surface area contributed by atoms with Crippen LogP contribution < -0.4 is 0 Å². The van der Waals surface area contributed by atoms with E-state index in [1.165, 1.54) is 0 Å². The van der Waals surface area contributed by atoms with Crippen LogP contribution in [0.4, 0.5) is 17.6 Å². The molecule has 3 nitrogen and oxygen atoms in total. The van der Waals surface area contributed by atoms with Crippen LogP contribution in [0.1, 0.15) is 5.69 Å². The van der Waals surface area contributed by atoms with E-state index in [-0.39, 0.29) is 0 Å². The number of pyridine rings is 1. The van der Waals surface area contributed by atoms with Crippen molar-refractivity contribution in [2.75, 3.05) is 0 Å². The van der Waals surface area contributed by atoms with Crippen molar-refractivity contribution in [1.82, 2.24) is 4.98 Å². The van der Waals surface area contributed by atoms with E-state index in [0.29, 0.717) is 12.3 Å². The Labute approximate surface area is 89.5 Å². The molecular weight excluding hydrogens is 286 g/mol. The van der Waals surface area contributed by atoms with Gasteiger partial charge in [0.1, 0.15) is 11.5 Å². The van der Waals surface area contributed by atoms with Crippen molar-refractivity contribution in [3.05, 3.63) is 28.2 Å². The van der Waals surface area contributed by atoms with Gasteiger partial charge in [-0.25, -0.2) is 4.39 Å². The Balaban J connectivity index is 3.28. The Morgan fingerprint density at radius 3 is 2.20 bits per heavy atom.